The third kappa shape index (κ3) is 3.38. The van der Waals surface area contributed by atoms with E-state index in [1.807, 2.05) is 48.5 Å². The van der Waals surface area contributed by atoms with Crippen LogP contribution in [-0.2, 0) is 4.79 Å². The van der Waals surface area contributed by atoms with Gasteiger partial charge in [-0.3, -0.25) is 4.79 Å². The molecule has 3 aromatic carbocycles. The van der Waals surface area contributed by atoms with Gasteiger partial charge in [0.1, 0.15) is 0 Å². The van der Waals surface area contributed by atoms with Gasteiger partial charge < -0.3 is 10.6 Å². The second-order valence-corrected chi connectivity index (χ2v) is 8.46. The molecule has 2 atom stereocenters. The number of Topliss-reactive ketones (excluding diaryl/α,β-unsaturated/α-hetero) is 1. The largest absolute Gasteiger partial charge is 0.372 e. The molecule has 0 amide bonds. The summed E-state index contributed by atoms with van der Waals surface area (Å²) in [7, 11) is 0. The Hall–Kier alpha value is -2.85. The van der Waals surface area contributed by atoms with Crippen molar-refractivity contribution in [2.45, 2.75) is 24.8 Å². The van der Waals surface area contributed by atoms with Crippen molar-refractivity contribution in [3.8, 4) is 0 Å². The minimum Gasteiger partial charge on any atom is -0.372 e. The van der Waals surface area contributed by atoms with Gasteiger partial charge in [-0.2, -0.15) is 0 Å². The Bertz CT molecular complexity index is 1110. The summed E-state index contributed by atoms with van der Waals surface area (Å²) in [5.74, 6) is 0.397. The molecule has 4 heteroatoms. The van der Waals surface area contributed by atoms with E-state index in [2.05, 4.69) is 56.9 Å². The molecule has 144 valence electrons. The number of allylic oxidation sites excluding steroid dienone is 1. The lowest BCUT2D eigenvalue weighted by molar-refractivity contribution is -0.116. The molecule has 3 nitrogen and oxygen atoms in total. The molecule has 0 unspecified atom stereocenters. The zero-order chi connectivity index (χ0) is 19.8. The molecule has 1 heterocycles. The third-order valence-electron chi connectivity index (χ3n) is 5.80. The molecule has 2 N–H and O–H groups in total. The minimum absolute atomic E-state index is 0.194. The van der Waals surface area contributed by atoms with E-state index in [1.54, 1.807) is 0 Å². The summed E-state index contributed by atoms with van der Waals surface area (Å²) in [5.41, 5.74) is 6.18. The van der Waals surface area contributed by atoms with Crippen molar-refractivity contribution in [3.05, 3.63) is 106 Å². The maximum atomic E-state index is 13.5. The lowest BCUT2D eigenvalue weighted by Crippen LogP contribution is -2.27. The van der Waals surface area contributed by atoms with Gasteiger partial charge in [0.15, 0.2) is 5.78 Å². The van der Waals surface area contributed by atoms with Crippen molar-refractivity contribution in [1.29, 1.82) is 0 Å². The van der Waals surface area contributed by atoms with Gasteiger partial charge in [-0.25, -0.2) is 0 Å². The summed E-state index contributed by atoms with van der Waals surface area (Å²) < 4.78 is 1.00. The highest BCUT2D eigenvalue weighted by Gasteiger charge is 2.36. The van der Waals surface area contributed by atoms with Crippen LogP contribution in [0.3, 0.4) is 0 Å². The Labute approximate surface area is 179 Å². The number of benzene rings is 3. The fourth-order valence-corrected chi connectivity index (χ4v) is 4.91. The Morgan fingerprint density at radius 1 is 0.793 bits per heavy atom. The molecule has 29 heavy (non-hydrogen) atoms. The lowest BCUT2D eigenvalue weighted by Gasteiger charge is -2.30. The summed E-state index contributed by atoms with van der Waals surface area (Å²) >= 11 is 3.69. The fraction of sp³-hybridized carbons (Fsp3) is 0.160. The number of nitrogens with one attached hydrogen (secondary N) is 2. The zero-order valence-electron chi connectivity index (χ0n) is 15.9. The first-order chi connectivity index (χ1) is 14.2. The molecular weight excluding hydrogens is 424 g/mol. The van der Waals surface area contributed by atoms with Crippen LogP contribution in [0.15, 0.2) is 94.6 Å². The Kier molecular flexibility index (Phi) is 4.72. The molecule has 1 aliphatic carbocycles. The second kappa shape index (κ2) is 7.53. The zero-order valence-corrected chi connectivity index (χ0v) is 17.4. The number of carbonyl (C=O) groups excluding carboxylic acids is 1. The maximum absolute atomic E-state index is 13.5. The van der Waals surface area contributed by atoms with Gasteiger partial charge >= 0.3 is 0 Å². The van der Waals surface area contributed by atoms with E-state index in [0.717, 1.165) is 39.1 Å². The van der Waals surface area contributed by atoms with Crippen molar-refractivity contribution < 1.29 is 4.79 Å². The summed E-state index contributed by atoms with van der Waals surface area (Å²) in [6.07, 6.45) is 1.35. The molecule has 0 radical (unpaired) electrons. The van der Waals surface area contributed by atoms with Crippen LogP contribution in [0.4, 0.5) is 11.4 Å². The maximum Gasteiger partial charge on any atom is 0.163 e. The topological polar surface area (TPSA) is 41.1 Å². The van der Waals surface area contributed by atoms with E-state index in [9.17, 15) is 4.79 Å². The van der Waals surface area contributed by atoms with Crippen molar-refractivity contribution >= 4 is 33.1 Å². The van der Waals surface area contributed by atoms with Gasteiger partial charge in [-0.1, -0.05) is 76.6 Å². The molecule has 0 fully saturated rings. The molecule has 3 aromatic rings. The summed E-state index contributed by atoms with van der Waals surface area (Å²) in [6.45, 7) is 0. The Morgan fingerprint density at radius 2 is 1.48 bits per heavy atom. The van der Waals surface area contributed by atoms with E-state index < -0.39 is 0 Å². The Balaban J connectivity index is 1.64. The van der Waals surface area contributed by atoms with Crippen LogP contribution in [0.2, 0.25) is 0 Å². The van der Waals surface area contributed by atoms with Crippen molar-refractivity contribution in [1.82, 2.24) is 0 Å². The number of anilines is 2. The van der Waals surface area contributed by atoms with Gasteiger partial charge in [0.25, 0.3) is 0 Å². The number of para-hydroxylation sites is 2. The van der Waals surface area contributed by atoms with Crippen LogP contribution < -0.4 is 10.6 Å². The second-order valence-electron chi connectivity index (χ2n) is 7.60. The SMILES string of the molecule is O=C1C[C@@H](c2ccccc2)CC2=C1[C@H](c1ccccc1Br)Nc1ccccc1N2. The third-order valence-corrected chi connectivity index (χ3v) is 6.52. The number of carbonyl (C=O) groups is 1. The van der Waals surface area contributed by atoms with Gasteiger partial charge in [-0.15, -0.1) is 0 Å². The number of halogens is 1. The molecule has 2 aliphatic rings. The van der Waals surface area contributed by atoms with Crippen LogP contribution in [0, 0.1) is 0 Å². The molecule has 0 saturated carbocycles. The van der Waals surface area contributed by atoms with Crippen LogP contribution in [0.25, 0.3) is 0 Å². The van der Waals surface area contributed by atoms with Gasteiger partial charge in [0, 0.05) is 22.2 Å². The molecule has 0 saturated heterocycles. The highest BCUT2D eigenvalue weighted by molar-refractivity contribution is 9.10. The number of ketones is 1. The quantitative estimate of drug-likeness (QED) is 0.478. The van der Waals surface area contributed by atoms with Crippen molar-refractivity contribution in [2.24, 2.45) is 0 Å². The van der Waals surface area contributed by atoms with Crippen LogP contribution in [0.5, 0.6) is 0 Å². The number of fused-ring (bicyclic) bond motifs is 1. The predicted molar refractivity (Wildman–Crippen MR) is 121 cm³/mol. The summed E-state index contributed by atoms with van der Waals surface area (Å²) in [4.78, 5) is 13.5. The highest BCUT2D eigenvalue weighted by Crippen LogP contribution is 2.45. The number of rotatable bonds is 2. The van der Waals surface area contributed by atoms with Gasteiger partial charge in [0.05, 0.1) is 17.4 Å². The first-order valence-electron chi connectivity index (χ1n) is 9.89. The first-order valence-corrected chi connectivity index (χ1v) is 10.7. The Morgan fingerprint density at radius 3 is 2.28 bits per heavy atom. The molecular formula is C25H21BrN2O. The molecule has 5 rings (SSSR count). The van der Waals surface area contributed by atoms with Crippen molar-refractivity contribution in [2.75, 3.05) is 10.6 Å². The van der Waals surface area contributed by atoms with E-state index in [4.69, 9.17) is 0 Å². The van der Waals surface area contributed by atoms with E-state index in [0.29, 0.717) is 6.42 Å². The monoisotopic (exact) mass is 444 g/mol. The summed E-state index contributed by atoms with van der Waals surface area (Å²) in [6, 6.07) is 26.5. The molecule has 0 spiro atoms. The van der Waals surface area contributed by atoms with Crippen molar-refractivity contribution in [3.63, 3.8) is 0 Å². The van der Waals surface area contributed by atoms with E-state index in [1.165, 1.54) is 5.56 Å². The summed E-state index contributed by atoms with van der Waals surface area (Å²) in [5, 5.41) is 7.22. The average Bonchev–Trinajstić information content (AvgIpc) is 2.91. The van der Waals surface area contributed by atoms with Gasteiger partial charge in [-0.05, 0) is 41.7 Å². The average molecular weight is 445 g/mol. The van der Waals surface area contributed by atoms with Gasteiger partial charge in [0.2, 0.25) is 0 Å². The minimum atomic E-state index is -0.194. The number of hydrogen-bond donors (Lipinski definition) is 2. The first kappa shape index (κ1) is 18.2. The lowest BCUT2D eigenvalue weighted by atomic mass is 9.78. The highest BCUT2D eigenvalue weighted by atomic mass is 79.9. The normalized spacial score (nSPS) is 20.8. The fourth-order valence-electron chi connectivity index (χ4n) is 4.40. The smallest absolute Gasteiger partial charge is 0.163 e. The molecule has 1 aliphatic heterocycles. The van der Waals surface area contributed by atoms with Crippen LogP contribution >= 0.6 is 15.9 Å². The van der Waals surface area contributed by atoms with E-state index in [-0.39, 0.29) is 17.7 Å². The standard InChI is InChI=1S/C25H21BrN2O/c26-19-11-5-4-10-18(19)25-24-22(27-20-12-6-7-13-21(20)28-25)14-17(15-23(24)29)16-8-2-1-3-9-16/h1-13,17,25,27-28H,14-15H2/t17-,25-/m0/s1. The predicted octanol–water partition coefficient (Wildman–Crippen LogP) is 6.43. The van der Waals surface area contributed by atoms with Crippen LogP contribution in [0.1, 0.15) is 35.9 Å². The molecule has 0 bridgehead atoms. The van der Waals surface area contributed by atoms with Crippen LogP contribution in [-0.4, -0.2) is 5.78 Å². The molecule has 0 aromatic heterocycles. The number of hydrogen-bond acceptors (Lipinski definition) is 3. The van der Waals surface area contributed by atoms with E-state index >= 15 is 0 Å².